The molecule has 2 rings (SSSR count). The quantitative estimate of drug-likeness (QED) is 0.343. The zero-order chi connectivity index (χ0) is 18.7. The Balaban J connectivity index is 2.41. The average Bonchev–Trinajstić information content (AvgIpc) is 2.56. The van der Waals surface area contributed by atoms with Crippen LogP contribution in [-0.2, 0) is 0 Å². The molecule has 2 aromatic carbocycles. The predicted octanol–water partition coefficient (Wildman–Crippen LogP) is 4.79. The van der Waals surface area contributed by atoms with Gasteiger partial charge in [-0.3, -0.25) is 25.7 Å². The average molecular weight is 387 g/mol. The second-order valence-electron chi connectivity index (χ2n) is 4.74. The van der Waals surface area contributed by atoms with Crippen molar-refractivity contribution in [2.45, 2.75) is 6.92 Å². The van der Waals surface area contributed by atoms with E-state index in [1.54, 1.807) is 0 Å². The van der Waals surface area contributed by atoms with Crippen molar-refractivity contribution in [3.63, 3.8) is 0 Å². The molecule has 0 heterocycles. The van der Waals surface area contributed by atoms with Gasteiger partial charge in [-0.1, -0.05) is 23.2 Å². The number of hydrogen-bond acceptors (Lipinski definition) is 6. The summed E-state index contributed by atoms with van der Waals surface area (Å²) in [6.07, 6.45) is 0. The molecule has 8 nitrogen and oxygen atoms in total. The lowest BCUT2D eigenvalue weighted by atomic mass is 10.1. The third kappa shape index (κ3) is 4.01. The molecule has 0 aliphatic rings. The van der Waals surface area contributed by atoms with Crippen molar-refractivity contribution < 1.29 is 14.2 Å². The largest absolute Gasteiger partial charge is 0.301 e. The zero-order valence-corrected chi connectivity index (χ0v) is 14.0. The van der Waals surface area contributed by atoms with Gasteiger partial charge >= 0.3 is 5.69 Å². The zero-order valence-electron chi connectivity index (χ0n) is 12.5. The standard InChI is InChI=1S/C14H9Cl2FN4O4/c1-7(13-9(15)3-4-10(17)14(13)16)18-19-11-5-2-8(20(22)23)6-12(11)21(24)25/h2-6,19H,1H3/b18-7-. The van der Waals surface area contributed by atoms with Crippen LogP contribution in [0.1, 0.15) is 12.5 Å². The maximum Gasteiger partial charge on any atom is 0.301 e. The molecule has 11 heteroatoms. The SMILES string of the molecule is C/C(=N/Nc1ccc([N+](=O)[O-])cc1[N+](=O)[O-])c1c(Cl)ccc(F)c1Cl. The molecular formula is C14H9Cl2FN4O4. The molecule has 2 aromatic rings. The van der Waals surface area contributed by atoms with E-state index in [1.165, 1.54) is 13.0 Å². The third-order valence-electron chi connectivity index (χ3n) is 3.14. The highest BCUT2D eigenvalue weighted by atomic mass is 35.5. The van der Waals surface area contributed by atoms with Gasteiger partial charge in [-0.2, -0.15) is 5.10 Å². The third-order valence-corrected chi connectivity index (χ3v) is 3.82. The van der Waals surface area contributed by atoms with Crippen LogP contribution in [0.3, 0.4) is 0 Å². The molecule has 0 aliphatic carbocycles. The Morgan fingerprint density at radius 3 is 2.44 bits per heavy atom. The highest BCUT2D eigenvalue weighted by Gasteiger charge is 2.20. The van der Waals surface area contributed by atoms with Gasteiger partial charge in [0.25, 0.3) is 5.69 Å². The van der Waals surface area contributed by atoms with E-state index in [0.717, 1.165) is 24.3 Å². The maximum atomic E-state index is 13.6. The van der Waals surface area contributed by atoms with Crippen LogP contribution in [0.25, 0.3) is 0 Å². The Kier molecular flexibility index (Phi) is 5.50. The number of nitro benzene ring substituents is 2. The maximum absolute atomic E-state index is 13.6. The van der Waals surface area contributed by atoms with Crippen molar-refractivity contribution in [2.75, 3.05) is 5.43 Å². The van der Waals surface area contributed by atoms with Gasteiger partial charge in [0.15, 0.2) is 0 Å². The molecule has 1 N–H and O–H groups in total. The van der Waals surface area contributed by atoms with Gasteiger partial charge in [-0.15, -0.1) is 0 Å². The van der Waals surface area contributed by atoms with Gasteiger partial charge in [0, 0.05) is 11.6 Å². The molecule has 130 valence electrons. The first-order valence-electron chi connectivity index (χ1n) is 6.59. The van der Waals surface area contributed by atoms with Crippen molar-refractivity contribution >= 4 is 46.0 Å². The summed E-state index contributed by atoms with van der Waals surface area (Å²) in [5, 5.41) is 25.6. The molecule has 0 unspecified atom stereocenters. The van der Waals surface area contributed by atoms with E-state index in [1.807, 2.05) is 0 Å². The summed E-state index contributed by atoms with van der Waals surface area (Å²) in [6, 6.07) is 5.42. The summed E-state index contributed by atoms with van der Waals surface area (Å²) in [6.45, 7) is 1.47. The summed E-state index contributed by atoms with van der Waals surface area (Å²) < 4.78 is 13.6. The molecule has 0 atom stereocenters. The van der Waals surface area contributed by atoms with Crippen LogP contribution < -0.4 is 5.43 Å². The Hall–Kier alpha value is -2.78. The highest BCUT2D eigenvalue weighted by Crippen LogP contribution is 2.30. The molecule has 0 amide bonds. The smallest absolute Gasteiger partial charge is 0.271 e. The number of nitrogens with one attached hydrogen (secondary N) is 1. The van der Waals surface area contributed by atoms with Crippen molar-refractivity contribution in [1.82, 2.24) is 0 Å². The predicted molar refractivity (Wildman–Crippen MR) is 92.0 cm³/mol. The fourth-order valence-corrected chi connectivity index (χ4v) is 2.58. The number of nitro groups is 2. The first-order chi connectivity index (χ1) is 11.7. The first-order valence-corrected chi connectivity index (χ1v) is 7.35. The Morgan fingerprint density at radius 2 is 1.84 bits per heavy atom. The van der Waals surface area contributed by atoms with Crippen LogP contribution in [0.5, 0.6) is 0 Å². The number of hydrazone groups is 1. The summed E-state index contributed by atoms with van der Waals surface area (Å²) in [5.74, 6) is -0.697. The van der Waals surface area contributed by atoms with Crippen molar-refractivity contribution in [3.8, 4) is 0 Å². The molecule has 25 heavy (non-hydrogen) atoms. The molecule has 0 saturated carbocycles. The molecule has 0 saturated heterocycles. The highest BCUT2D eigenvalue weighted by molar-refractivity contribution is 6.40. The second kappa shape index (κ2) is 7.41. The molecule has 0 aliphatic heterocycles. The number of nitrogens with zero attached hydrogens (tertiary/aromatic N) is 3. The number of anilines is 1. The van der Waals surface area contributed by atoms with Gasteiger partial charge in [-0.05, 0) is 25.1 Å². The van der Waals surface area contributed by atoms with E-state index < -0.39 is 27.0 Å². The Labute approximate surface area is 150 Å². The van der Waals surface area contributed by atoms with Crippen molar-refractivity contribution in [1.29, 1.82) is 0 Å². The minimum Gasteiger partial charge on any atom is -0.271 e. The van der Waals surface area contributed by atoms with Crippen LogP contribution in [0.15, 0.2) is 35.4 Å². The summed E-state index contributed by atoms with van der Waals surface area (Å²) in [5.41, 5.74) is 1.65. The number of non-ortho nitro benzene ring substituents is 1. The van der Waals surface area contributed by atoms with Gasteiger partial charge in [0.2, 0.25) is 0 Å². The van der Waals surface area contributed by atoms with Crippen LogP contribution in [-0.4, -0.2) is 15.6 Å². The Bertz CT molecular complexity index is 905. The van der Waals surface area contributed by atoms with Crippen LogP contribution in [0.2, 0.25) is 10.0 Å². The molecule has 0 spiro atoms. The lowest BCUT2D eigenvalue weighted by molar-refractivity contribution is -0.393. The normalized spacial score (nSPS) is 11.3. The monoisotopic (exact) mass is 386 g/mol. The Morgan fingerprint density at radius 1 is 1.16 bits per heavy atom. The fraction of sp³-hybridized carbons (Fsp3) is 0.0714. The van der Waals surface area contributed by atoms with Gasteiger partial charge < -0.3 is 0 Å². The number of hydrogen-bond donors (Lipinski definition) is 1. The fourth-order valence-electron chi connectivity index (χ4n) is 1.94. The van der Waals surface area contributed by atoms with Crippen LogP contribution in [0.4, 0.5) is 21.5 Å². The summed E-state index contributed by atoms with van der Waals surface area (Å²) >= 11 is 11.8. The van der Waals surface area contributed by atoms with Crippen LogP contribution >= 0.6 is 23.2 Å². The lowest BCUT2D eigenvalue weighted by Gasteiger charge is -2.08. The van der Waals surface area contributed by atoms with E-state index in [9.17, 15) is 24.6 Å². The second-order valence-corrected chi connectivity index (χ2v) is 5.53. The van der Waals surface area contributed by atoms with E-state index in [4.69, 9.17) is 23.2 Å². The number of rotatable bonds is 5. The number of halogens is 3. The van der Waals surface area contributed by atoms with E-state index in [0.29, 0.717) is 0 Å². The van der Waals surface area contributed by atoms with Crippen LogP contribution in [0, 0.1) is 26.0 Å². The van der Waals surface area contributed by atoms with E-state index >= 15 is 0 Å². The lowest BCUT2D eigenvalue weighted by Crippen LogP contribution is -2.04. The summed E-state index contributed by atoms with van der Waals surface area (Å²) in [4.78, 5) is 20.2. The minimum absolute atomic E-state index is 0.0846. The minimum atomic E-state index is -0.789. The molecule has 0 aromatic heterocycles. The topological polar surface area (TPSA) is 111 Å². The van der Waals surface area contributed by atoms with Crippen molar-refractivity contribution in [2.24, 2.45) is 5.10 Å². The molecular weight excluding hydrogens is 378 g/mol. The first kappa shape index (κ1) is 18.6. The van der Waals surface area contributed by atoms with E-state index in [2.05, 4.69) is 10.5 Å². The van der Waals surface area contributed by atoms with Gasteiger partial charge in [0.1, 0.15) is 11.5 Å². The summed E-state index contributed by atoms with van der Waals surface area (Å²) in [7, 11) is 0. The van der Waals surface area contributed by atoms with Gasteiger partial charge in [0.05, 0.1) is 31.7 Å². The van der Waals surface area contributed by atoms with Crippen molar-refractivity contribution in [3.05, 3.63) is 72.0 Å². The molecule has 0 fully saturated rings. The molecule has 0 radical (unpaired) electrons. The van der Waals surface area contributed by atoms with Gasteiger partial charge in [-0.25, -0.2) is 4.39 Å². The number of benzene rings is 2. The molecule has 0 bridgehead atoms. The van der Waals surface area contributed by atoms with E-state index in [-0.39, 0.29) is 27.0 Å².